The van der Waals surface area contributed by atoms with E-state index in [1.165, 1.54) is 25.4 Å². The molecular weight excluding hydrogens is 648 g/mol. The third-order valence-electron chi connectivity index (χ3n) is 7.98. The Bertz CT molecular complexity index is 1120. The summed E-state index contributed by atoms with van der Waals surface area (Å²) in [7, 11) is 0. The van der Waals surface area contributed by atoms with Gasteiger partial charge in [-0.1, -0.05) is 0 Å². The molecule has 0 bridgehead atoms. The summed E-state index contributed by atoms with van der Waals surface area (Å²) in [6, 6.07) is 7.25. The second-order valence-corrected chi connectivity index (χ2v) is 25.4. The van der Waals surface area contributed by atoms with Crippen LogP contribution in [0.4, 0.5) is 23.8 Å². The molecular formula is C32H49F3N4O2Sn. The zero-order chi connectivity index (χ0) is 31.0. The van der Waals surface area contributed by atoms with Crippen LogP contribution in [0.5, 0.6) is 0 Å². The summed E-state index contributed by atoms with van der Waals surface area (Å²) in [6.07, 6.45) is 2.12. The van der Waals surface area contributed by atoms with Gasteiger partial charge in [0.05, 0.1) is 0 Å². The van der Waals surface area contributed by atoms with E-state index in [9.17, 15) is 18.0 Å². The van der Waals surface area contributed by atoms with Crippen molar-refractivity contribution in [1.82, 2.24) is 14.9 Å². The zero-order valence-corrected chi connectivity index (χ0v) is 29.2. The Kier molecular flexibility index (Phi) is 12.4. The average Bonchev–Trinajstić information content (AvgIpc) is 2.95. The maximum atomic E-state index is 13.3. The van der Waals surface area contributed by atoms with Crippen molar-refractivity contribution >= 4 is 34.1 Å². The number of ether oxygens (including phenoxy) is 1. The molecule has 1 aliphatic rings. The first-order valence-corrected chi connectivity index (χ1v) is 23.1. The molecule has 0 radical (unpaired) electrons. The molecule has 2 aromatic rings. The quantitative estimate of drug-likeness (QED) is 0.209. The van der Waals surface area contributed by atoms with Gasteiger partial charge >= 0.3 is 255 Å². The number of piperazine rings is 1. The van der Waals surface area contributed by atoms with E-state index in [2.05, 4.69) is 25.7 Å². The first-order valence-electron chi connectivity index (χ1n) is 15.6. The normalized spacial score (nSPS) is 14.8. The topological polar surface area (TPSA) is 58.6 Å². The first-order chi connectivity index (χ1) is 19.8. The minimum absolute atomic E-state index is 0.315. The van der Waals surface area contributed by atoms with Crippen LogP contribution in [0.2, 0.25) is 13.3 Å². The number of alkyl halides is 3. The number of unbranched alkanes of at least 4 members (excludes halogenated alkanes) is 3. The van der Waals surface area contributed by atoms with Gasteiger partial charge in [-0.25, -0.2) is 0 Å². The molecule has 1 amide bonds. The molecule has 0 aliphatic carbocycles. The number of carbonyl (C=O) groups excluding carboxylic acids is 1. The molecule has 3 rings (SSSR count). The van der Waals surface area contributed by atoms with Gasteiger partial charge in [0.2, 0.25) is 0 Å². The van der Waals surface area contributed by atoms with Crippen molar-refractivity contribution in [1.29, 1.82) is 0 Å². The summed E-state index contributed by atoms with van der Waals surface area (Å²) in [5, 5.41) is 0. The number of amides is 1. The van der Waals surface area contributed by atoms with Gasteiger partial charge in [-0.05, 0) is 0 Å². The van der Waals surface area contributed by atoms with E-state index in [1.54, 1.807) is 4.90 Å². The molecule has 0 N–H and O–H groups in total. The molecule has 234 valence electrons. The van der Waals surface area contributed by atoms with Gasteiger partial charge in [-0.15, -0.1) is 0 Å². The van der Waals surface area contributed by atoms with E-state index < -0.39 is 35.7 Å². The van der Waals surface area contributed by atoms with Crippen molar-refractivity contribution < 1.29 is 22.7 Å². The van der Waals surface area contributed by atoms with Crippen LogP contribution in [0, 0.1) is 0 Å². The van der Waals surface area contributed by atoms with Crippen LogP contribution in [-0.2, 0) is 10.9 Å². The van der Waals surface area contributed by atoms with Gasteiger partial charge in [0.1, 0.15) is 0 Å². The Morgan fingerprint density at radius 2 is 1.38 bits per heavy atom. The van der Waals surface area contributed by atoms with Gasteiger partial charge in [-0.3, -0.25) is 0 Å². The fraction of sp³-hybridized carbons (Fsp3) is 0.656. The monoisotopic (exact) mass is 698 g/mol. The summed E-state index contributed by atoms with van der Waals surface area (Å²) >= 11 is -3.08. The third-order valence-corrected chi connectivity index (χ3v) is 22.5. The zero-order valence-electron chi connectivity index (χ0n) is 26.3. The Labute approximate surface area is 254 Å². The molecule has 2 heterocycles. The molecule has 0 atom stereocenters. The van der Waals surface area contributed by atoms with Crippen molar-refractivity contribution in [2.75, 3.05) is 31.1 Å². The second-order valence-electron chi connectivity index (χ2n) is 12.6. The fourth-order valence-electron chi connectivity index (χ4n) is 5.51. The molecule has 1 aromatic heterocycles. The fourth-order valence-corrected chi connectivity index (χ4v) is 20.4. The number of hydrogen-bond acceptors (Lipinski definition) is 5. The molecule has 0 spiro atoms. The van der Waals surface area contributed by atoms with E-state index in [4.69, 9.17) is 14.7 Å². The number of aromatic nitrogens is 2. The molecule has 1 aliphatic heterocycles. The minimum atomic E-state index is -4.39. The second kappa shape index (κ2) is 15.1. The van der Waals surface area contributed by atoms with Crippen LogP contribution < -0.4 is 8.74 Å². The number of carbonyl (C=O) groups is 1. The molecule has 1 saturated heterocycles. The van der Waals surface area contributed by atoms with Crippen LogP contribution >= 0.6 is 0 Å². The standard InChI is InChI=1S/C20H22F3N4O2.3C4H9.Sn/c1-19(2,3)29-18(28)27-10-8-26(9-11-27)17-12-16(24-13-25-17)14-4-6-15(7-5-14)20(21,22)23;3*1-3-4-2;/h4-7,12H,8-11H2,1-3H3;3*1,3-4H2,2H3;. The molecule has 10 heteroatoms. The molecule has 1 fully saturated rings. The van der Waals surface area contributed by atoms with E-state index >= 15 is 0 Å². The van der Waals surface area contributed by atoms with Gasteiger partial charge in [0, 0.05) is 0 Å². The summed E-state index contributed by atoms with van der Waals surface area (Å²) in [5.74, 6) is 0.810. The Balaban J connectivity index is 2.05. The van der Waals surface area contributed by atoms with Crippen LogP contribution in [0.25, 0.3) is 11.3 Å². The molecule has 0 saturated carbocycles. The Hall–Kier alpha value is -2.04. The van der Waals surface area contributed by atoms with Gasteiger partial charge in [0.15, 0.2) is 0 Å². The predicted octanol–water partition coefficient (Wildman–Crippen LogP) is 8.28. The van der Waals surface area contributed by atoms with Crippen LogP contribution in [-0.4, -0.2) is 71.1 Å². The van der Waals surface area contributed by atoms with Gasteiger partial charge < -0.3 is 0 Å². The molecule has 1 aromatic carbocycles. The number of anilines is 1. The molecule has 0 unspecified atom stereocenters. The Morgan fingerprint density at radius 1 is 0.857 bits per heavy atom. The summed E-state index contributed by atoms with van der Waals surface area (Å²) < 4.78 is 50.1. The van der Waals surface area contributed by atoms with Crippen molar-refractivity contribution in [3.05, 3.63) is 35.9 Å². The van der Waals surface area contributed by atoms with E-state index in [0.29, 0.717) is 37.4 Å². The van der Waals surface area contributed by atoms with E-state index in [1.807, 2.05) is 26.8 Å². The summed E-state index contributed by atoms with van der Waals surface area (Å²) in [5.41, 5.74) is 0.130. The third kappa shape index (κ3) is 9.48. The van der Waals surface area contributed by atoms with Gasteiger partial charge in [0.25, 0.3) is 0 Å². The van der Waals surface area contributed by atoms with Crippen molar-refractivity contribution in [2.45, 2.75) is 105 Å². The van der Waals surface area contributed by atoms with E-state index in [-0.39, 0.29) is 6.09 Å². The molecule has 6 nitrogen and oxygen atoms in total. The SMILES string of the molecule is CCC[CH2][Sn]([CH2]CCC)([CH2]CCC)[c]1nc(-c2ccc(C(F)(F)F)cc2)cc(N2CCN(C(=O)OC(C)(C)C)CC2)n1. The van der Waals surface area contributed by atoms with Crippen LogP contribution in [0.3, 0.4) is 0 Å². The number of hydrogen-bond donors (Lipinski definition) is 0. The van der Waals surface area contributed by atoms with Crippen molar-refractivity contribution in [3.8, 4) is 11.3 Å². The van der Waals surface area contributed by atoms with Crippen molar-refractivity contribution in [3.63, 3.8) is 0 Å². The predicted molar refractivity (Wildman–Crippen MR) is 167 cm³/mol. The first kappa shape index (κ1) is 34.4. The summed E-state index contributed by atoms with van der Waals surface area (Å²) in [6.45, 7) is 14.5. The van der Waals surface area contributed by atoms with Gasteiger partial charge in [-0.2, -0.15) is 0 Å². The average molecular weight is 697 g/mol. The van der Waals surface area contributed by atoms with Crippen LogP contribution in [0.15, 0.2) is 30.3 Å². The van der Waals surface area contributed by atoms with Crippen LogP contribution in [0.1, 0.15) is 85.6 Å². The number of benzene rings is 1. The summed E-state index contributed by atoms with van der Waals surface area (Å²) in [4.78, 5) is 27.1. The number of rotatable bonds is 12. The van der Waals surface area contributed by atoms with E-state index in [0.717, 1.165) is 60.3 Å². The number of halogens is 3. The maximum absolute atomic E-state index is 13.3. The van der Waals surface area contributed by atoms with Crippen molar-refractivity contribution in [2.24, 2.45) is 0 Å². The number of nitrogens with zero attached hydrogens (tertiary/aromatic N) is 4. The molecule has 42 heavy (non-hydrogen) atoms. The Morgan fingerprint density at radius 3 is 1.83 bits per heavy atom.